The molecule has 1 aliphatic rings. The van der Waals surface area contributed by atoms with E-state index in [0.717, 1.165) is 12.8 Å². The number of hydrogen-bond donors (Lipinski definition) is 2. The smallest absolute Gasteiger partial charge is 0.326 e. The molecule has 1 heterocycles. The number of aromatic nitrogens is 2. The van der Waals surface area contributed by atoms with Gasteiger partial charge in [-0.05, 0) is 37.0 Å². The first kappa shape index (κ1) is 12.5. The molecule has 2 aromatic rings. The minimum atomic E-state index is -0.985. The number of fused-ring (bicyclic) bond motifs is 1. The molecule has 0 saturated heterocycles. The fourth-order valence-corrected chi connectivity index (χ4v) is 2.14. The fraction of sp³-hybridized carbons (Fsp3) is 0.286. The van der Waals surface area contributed by atoms with Crippen molar-refractivity contribution in [3.63, 3.8) is 0 Å². The van der Waals surface area contributed by atoms with Crippen LogP contribution in [-0.4, -0.2) is 33.0 Å². The van der Waals surface area contributed by atoms with Gasteiger partial charge in [-0.25, -0.2) is 4.79 Å². The Morgan fingerprint density at radius 3 is 2.55 bits per heavy atom. The Morgan fingerprint density at radius 2 is 1.90 bits per heavy atom. The van der Waals surface area contributed by atoms with Crippen molar-refractivity contribution < 1.29 is 14.7 Å². The second kappa shape index (κ2) is 4.88. The molecule has 1 aliphatic carbocycles. The Morgan fingerprint density at radius 1 is 1.20 bits per heavy atom. The first-order chi connectivity index (χ1) is 9.65. The third kappa shape index (κ3) is 2.45. The summed E-state index contributed by atoms with van der Waals surface area (Å²) in [6, 6.07) is 4.13. The highest BCUT2D eigenvalue weighted by molar-refractivity contribution is 5.99. The minimum Gasteiger partial charge on any atom is -0.480 e. The molecule has 2 N–H and O–H groups in total. The maximum absolute atomic E-state index is 12.1. The van der Waals surface area contributed by atoms with Crippen molar-refractivity contribution in [3.8, 4) is 0 Å². The lowest BCUT2D eigenvalue weighted by atomic mass is 10.1. The third-order valence-corrected chi connectivity index (χ3v) is 3.38. The van der Waals surface area contributed by atoms with E-state index in [1.807, 2.05) is 0 Å². The molecule has 1 unspecified atom stereocenters. The number of amides is 1. The Balaban J connectivity index is 1.82. The molecule has 0 aliphatic heterocycles. The van der Waals surface area contributed by atoms with E-state index < -0.39 is 17.9 Å². The molecule has 3 rings (SSSR count). The number of nitrogens with one attached hydrogen (secondary N) is 1. The third-order valence-electron chi connectivity index (χ3n) is 3.38. The molecule has 0 radical (unpaired) electrons. The van der Waals surface area contributed by atoms with Gasteiger partial charge < -0.3 is 10.4 Å². The average Bonchev–Trinajstić information content (AvgIpc) is 3.28. The van der Waals surface area contributed by atoms with Gasteiger partial charge in [0.2, 0.25) is 0 Å². The van der Waals surface area contributed by atoms with E-state index in [2.05, 4.69) is 15.3 Å². The lowest BCUT2D eigenvalue weighted by Gasteiger charge is -2.13. The van der Waals surface area contributed by atoms with Crippen molar-refractivity contribution in [1.29, 1.82) is 0 Å². The summed E-state index contributed by atoms with van der Waals surface area (Å²) in [5, 5.41) is 11.7. The lowest BCUT2D eigenvalue weighted by molar-refractivity contribution is -0.139. The molecule has 0 spiro atoms. The summed E-state index contributed by atoms with van der Waals surface area (Å²) in [5.41, 5.74) is 1.70. The van der Waals surface area contributed by atoms with E-state index in [0.29, 0.717) is 16.6 Å². The lowest BCUT2D eigenvalue weighted by Crippen LogP contribution is -2.42. The topological polar surface area (TPSA) is 92.2 Å². The zero-order chi connectivity index (χ0) is 14.1. The number of nitrogens with zero attached hydrogens (tertiary/aromatic N) is 2. The summed E-state index contributed by atoms with van der Waals surface area (Å²) >= 11 is 0. The van der Waals surface area contributed by atoms with Crippen LogP contribution in [0, 0.1) is 5.92 Å². The first-order valence-electron chi connectivity index (χ1n) is 6.39. The summed E-state index contributed by atoms with van der Waals surface area (Å²) in [6.45, 7) is 0. The highest BCUT2D eigenvalue weighted by Gasteiger charge is 2.37. The summed E-state index contributed by atoms with van der Waals surface area (Å²) in [7, 11) is 0. The van der Waals surface area contributed by atoms with E-state index in [1.165, 1.54) is 0 Å². The van der Waals surface area contributed by atoms with Gasteiger partial charge in [0.05, 0.1) is 11.0 Å². The normalized spacial score (nSPS) is 15.8. The molecule has 6 nitrogen and oxygen atoms in total. The number of carbonyl (C=O) groups is 2. The number of rotatable bonds is 4. The highest BCUT2D eigenvalue weighted by Crippen LogP contribution is 2.32. The van der Waals surface area contributed by atoms with Crippen LogP contribution in [0.2, 0.25) is 0 Å². The second-order valence-corrected chi connectivity index (χ2v) is 4.89. The van der Waals surface area contributed by atoms with Crippen LogP contribution in [0.1, 0.15) is 23.2 Å². The van der Waals surface area contributed by atoms with Gasteiger partial charge in [-0.3, -0.25) is 14.8 Å². The SMILES string of the molecule is O=C(NC(C(=O)O)C1CC1)c1ccc2nccnc2c1. The Kier molecular flexibility index (Phi) is 3.06. The molecule has 0 bridgehead atoms. The van der Waals surface area contributed by atoms with Crippen molar-refractivity contribution in [1.82, 2.24) is 15.3 Å². The van der Waals surface area contributed by atoms with Crippen LogP contribution < -0.4 is 5.32 Å². The van der Waals surface area contributed by atoms with E-state index >= 15 is 0 Å². The summed E-state index contributed by atoms with van der Waals surface area (Å²) in [6.07, 6.45) is 4.82. The van der Waals surface area contributed by atoms with Crippen molar-refractivity contribution in [2.24, 2.45) is 5.92 Å². The van der Waals surface area contributed by atoms with Crippen molar-refractivity contribution >= 4 is 22.9 Å². The number of hydrogen-bond acceptors (Lipinski definition) is 4. The van der Waals surface area contributed by atoms with Crippen LogP contribution >= 0.6 is 0 Å². The van der Waals surface area contributed by atoms with Gasteiger partial charge in [-0.15, -0.1) is 0 Å². The maximum Gasteiger partial charge on any atom is 0.326 e. The van der Waals surface area contributed by atoms with Crippen LogP contribution in [0.3, 0.4) is 0 Å². The molecule has 1 aromatic carbocycles. The zero-order valence-corrected chi connectivity index (χ0v) is 10.6. The Hall–Kier alpha value is -2.50. The van der Waals surface area contributed by atoms with Crippen LogP contribution in [0.4, 0.5) is 0 Å². The maximum atomic E-state index is 12.1. The minimum absolute atomic E-state index is 0.0525. The molecule has 20 heavy (non-hydrogen) atoms. The van der Waals surface area contributed by atoms with Crippen LogP contribution in [0.5, 0.6) is 0 Å². The zero-order valence-electron chi connectivity index (χ0n) is 10.6. The molecule has 1 atom stereocenters. The summed E-state index contributed by atoms with van der Waals surface area (Å²) in [4.78, 5) is 31.5. The van der Waals surface area contributed by atoms with Gasteiger partial charge in [0, 0.05) is 18.0 Å². The quantitative estimate of drug-likeness (QED) is 0.872. The number of carboxylic acid groups (broad SMARTS) is 1. The van der Waals surface area contributed by atoms with Crippen LogP contribution in [0.15, 0.2) is 30.6 Å². The molecule has 102 valence electrons. The summed E-state index contributed by atoms with van der Waals surface area (Å²) in [5.74, 6) is -1.32. The number of carbonyl (C=O) groups excluding carboxylic acids is 1. The van der Waals surface area contributed by atoms with E-state index in [1.54, 1.807) is 30.6 Å². The molecule has 1 saturated carbocycles. The predicted octanol–water partition coefficient (Wildman–Crippen LogP) is 1.22. The first-order valence-corrected chi connectivity index (χ1v) is 6.39. The largest absolute Gasteiger partial charge is 0.480 e. The van der Waals surface area contributed by atoms with Crippen molar-refractivity contribution in [2.75, 3.05) is 0 Å². The second-order valence-electron chi connectivity index (χ2n) is 4.89. The molecule has 6 heteroatoms. The number of benzene rings is 1. The van der Waals surface area contributed by atoms with E-state index in [4.69, 9.17) is 5.11 Å². The van der Waals surface area contributed by atoms with Gasteiger partial charge in [0.25, 0.3) is 5.91 Å². The molecule has 1 aromatic heterocycles. The van der Waals surface area contributed by atoms with Gasteiger partial charge >= 0.3 is 5.97 Å². The van der Waals surface area contributed by atoms with Crippen molar-refractivity contribution in [2.45, 2.75) is 18.9 Å². The van der Waals surface area contributed by atoms with Gasteiger partial charge in [-0.1, -0.05) is 0 Å². The molecular weight excluding hydrogens is 258 g/mol. The van der Waals surface area contributed by atoms with Gasteiger partial charge in [-0.2, -0.15) is 0 Å². The van der Waals surface area contributed by atoms with E-state index in [9.17, 15) is 9.59 Å². The molecule has 1 fully saturated rings. The average molecular weight is 271 g/mol. The van der Waals surface area contributed by atoms with Crippen LogP contribution in [-0.2, 0) is 4.79 Å². The summed E-state index contributed by atoms with van der Waals surface area (Å²) < 4.78 is 0. The predicted molar refractivity (Wildman–Crippen MR) is 71.2 cm³/mol. The van der Waals surface area contributed by atoms with Crippen LogP contribution in [0.25, 0.3) is 11.0 Å². The fourth-order valence-electron chi connectivity index (χ4n) is 2.14. The number of carboxylic acids is 1. The van der Waals surface area contributed by atoms with Gasteiger partial charge in [0.15, 0.2) is 0 Å². The van der Waals surface area contributed by atoms with E-state index in [-0.39, 0.29) is 5.92 Å². The van der Waals surface area contributed by atoms with Crippen molar-refractivity contribution in [3.05, 3.63) is 36.2 Å². The number of aliphatic carboxylic acids is 1. The standard InChI is InChI=1S/C14H13N3O3/c18-13(17-12(14(19)20)8-1-2-8)9-3-4-10-11(7-9)16-6-5-15-10/h3-8,12H,1-2H2,(H,17,18)(H,19,20). The Bertz CT molecular complexity index is 682. The monoisotopic (exact) mass is 271 g/mol. The molecular formula is C14H13N3O3. The molecule has 1 amide bonds. The Labute approximate surface area is 114 Å². The highest BCUT2D eigenvalue weighted by atomic mass is 16.4. The van der Waals surface area contributed by atoms with Gasteiger partial charge in [0.1, 0.15) is 6.04 Å².